The van der Waals surface area contributed by atoms with Crippen molar-refractivity contribution in [2.45, 2.75) is 50.7 Å². The van der Waals surface area contributed by atoms with Crippen LogP contribution in [0.1, 0.15) is 44.1 Å². The van der Waals surface area contributed by atoms with Crippen molar-refractivity contribution >= 4 is 11.9 Å². The first kappa shape index (κ1) is 17.8. The van der Waals surface area contributed by atoms with Gasteiger partial charge in [-0.1, -0.05) is 6.07 Å². The van der Waals surface area contributed by atoms with E-state index >= 15 is 0 Å². The smallest absolute Gasteiger partial charge is 0.312 e. The first-order chi connectivity index (χ1) is 13.4. The molecular weight excluding hydrogens is 362 g/mol. The minimum absolute atomic E-state index is 0.208. The van der Waals surface area contributed by atoms with Crippen molar-refractivity contribution in [1.82, 2.24) is 5.32 Å². The molecule has 1 aromatic carbocycles. The number of hydrogen-bond acceptors (Lipinski definition) is 6. The number of amides is 1. The maximum atomic E-state index is 12.8. The van der Waals surface area contributed by atoms with E-state index in [-0.39, 0.29) is 25.3 Å². The van der Waals surface area contributed by atoms with E-state index in [1.807, 2.05) is 18.2 Å². The summed E-state index contributed by atoms with van der Waals surface area (Å²) in [6.07, 6.45) is 4.74. The summed E-state index contributed by atoms with van der Waals surface area (Å²) in [5.41, 5.74) is -0.437. The van der Waals surface area contributed by atoms with Crippen LogP contribution in [0.4, 0.5) is 0 Å². The Kier molecular flexibility index (Phi) is 4.05. The van der Waals surface area contributed by atoms with Gasteiger partial charge in [-0.15, -0.1) is 0 Å². The van der Waals surface area contributed by atoms with Gasteiger partial charge in [0.25, 0.3) is 5.91 Å². The Morgan fingerprint density at radius 3 is 2.64 bits per heavy atom. The van der Waals surface area contributed by atoms with Crippen LogP contribution in [0.25, 0.3) is 0 Å². The molecule has 1 aromatic rings. The third kappa shape index (κ3) is 3.11. The van der Waals surface area contributed by atoms with Gasteiger partial charge in [-0.3, -0.25) is 9.59 Å². The number of aliphatic hydroxyl groups is 1. The molecule has 0 aromatic heterocycles. The summed E-state index contributed by atoms with van der Waals surface area (Å²) in [5.74, 6) is 1.50. The van der Waals surface area contributed by atoms with Gasteiger partial charge in [0.1, 0.15) is 0 Å². The SMILES string of the molecule is O=C(COC(=O)C12CC3CC(CC(O)(C3)C1)C2)NCc1ccc2c(c1)OCO2. The molecule has 1 heterocycles. The molecule has 1 amide bonds. The van der Waals surface area contributed by atoms with Gasteiger partial charge in [-0.05, 0) is 68.1 Å². The normalized spacial score (nSPS) is 34.3. The van der Waals surface area contributed by atoms with E-state index in [9.17, 15) is 14.7 Å². The number of rotatable bonds is 5. The minimum atomic E-state index is -0.718. The molecule has 7 nitrogen and oxygen atoms in total. The monoisotopic (exact) mass is 387 g/mol. The van der Waals surface area contributed by atoms with Gasteiger partial charge in [0.05, 0.1) is 11.0 Å². The van der Waals surface area contributed by atoms with Gasteiger partial charge >= 0.3 is 5.97 Å². The Hall–Kier alpha value is -2.28. The lowest BCUT2D eigenvalue weighted by molar-refractivity contribution is -0.196. The fourth-order valence-corrected chi connectivity index (χ4v) is 6.04. The number of esters is 1. The topological polar surface area (TPSA) is 94.1 Å². The van der Waals surface area contributed by atoms with Gasteiger partial charge < -0.3 is 24.6 Å². The molecule has 28 heavy (non-hydrogen) atoms. The molecule has 4 saturated carbocycles. The number of nitrogens with one attached hydrogen (secondary N) is 1. The standard InChI is InChI=1S/C21H25NO6/c23-18(22-9-13-1-2-16-17(4-13)28-12-27-16)10-26-19(24)20-5-14-3-15(6-20)8-21(25,7-14)11-20/h1-2,4,14-15,25H,3,5-12H2,(H,22,23). The Bertz CT molecular complexity index is 807. The molecule has 2 unspecified atom stereocenters. The summed E-state index contributed by atoms with van der Waals surface area (Å²) in [6, 6.07) is 5.49. The van der Waals surface area contributed by atoms with Gasteiger partial charge in [-0.25, -0.2) is 0 Å². The fourth-order valence-electron chi connectivity index (χ4n) is 6.04. The minimum Gasteiger partial charge on any atom is -0.455 e. The average Bonchev–Trinajstić information content (AvgIpc) is 3.10. The average molecular weight is 387 g/mol. The molecule has 2 atom stereocenters. The lowest BCUT2D eigenvalue weighted by Gasteiger charge is -2.58. The molecule has 0 saturated heterocycles. The first-order valence-electron chi connectivity index (χ1n) is 9.98. The van der Waals surface area contributed by atoms with Gasteiger partial charge in [-0.2, -0.15) is 0 Å². The summed E-state index contributed by atoms with van der Waals surface area (Å²) < 4.78 is 16.0. The van der Waals surface area contributed by atoms with Crippen molar-refractivity contribution in [2.75, 3.05) is 13.4 Å². The Morgan fingerprint density at radius 2 is 1.89 bits per heavy atom. The van der Waals surface area contributed by atoms with Crippen LogP contribution in [-0.4, -0.2) is 36.0 Å². The lowest BCUT2D eigenvalue weighted by atomic mass is 9.48. The summed E-state index contributed by atoms with van der Waals surface area (Å²) >= 11 is 0. The van der Waals surface area contributed by atoms with E-state index in [1.165, 1.54) is 0 Å². The molecule has 150 valence electrons. The summed E-state index contributed by atoms with van der Waals surface area (Å²) in [7, 11) is 0. The van der Waals surface area contributed by atoms with Gasteiger partial charge in [0.2, 0.25) is 6.79 Å². The van der Waals surface area contributed by atoms with Gasteiger partial charge in [0, 0.05) is 6.54 Å². The number of fused-ring (bicyclic) bond motifs is 1. The van der Waals surface area contributed by atoms with Gasteiger partial charge in [0.15, 0.2) is 18.1 Å². The van der Waals surface area contributed by atoms with Crippen LogP contribution in [-0.2, 0) is 20.9 Å². The van der Waals surface area contributed by atoms with Crippen molar-refractivity contribution in [3.05, 3.63) is 23.8 Å². The second-order valence-corrected chi connectivity index (χ2v) is 9.01. The van der Waals surface area contributed by atoms with Crippen molar-refractivity contribution in [1.29, 1.82) is 0 Å². The largest absolute Gasteiger partial charge is 0.455 e. The Balaban J connectivity index is 1.14. The fraction of sp³-hybridized carbons (Fsp3) is 0.619. The summed E-state index contributed by atoms with van der Waals surface area (Å²) in [5, 5.41) is 13.5. The molecular formula is C21H25NO6. The van der Waals surface area contributed by atoms with Crippen LogP contribution < -0.4 is 14.8 Å². The van der Waals surface area contributed by atoms with Crippen LogP contribution in [0.2, 0.25) is 0 Å². The van der Waals surface area contributed by atoms with E-state index in [0.29, 0.717) is 36.3 Å². The number of ether oxygens (including phenoxy) is 3. The lowest BCUT2D eigenvalue weighted by Crippen LogP contribution is -2.58. The summed E-state index contributed by atoms with van der Waals surface area (Å²) in [6.45, 7) is 0.237. The molecule has 5 aliphatic rings. The predicted molar refractivity (Wildman–Crippen MR) is 97.4 cm³/mol. The van der Waals surface area contributed by atoms with Crippen LogP contribution in [0.3, 0.4) is 0 Å². The highest BCUT2D eigenvalue weighted by atomic mass is 16.7. The molecule has 4 bridgehead atoms. The maximum Gasteiger partial charge on any atom is 0.312 e. The Morgan fingerprint density at radius 1 is 1.14 bits per heavy atom. The van der Waals surface area contributed by atoms with Crippen LogP contribution in [0.15, 0.2) is 18.2 Å². The highest BCUT2D eigenvalue weighted by molar-refractivity contribution is 5.83. The van der Waals surface area contributed by atoms with Crippen molar-refractivity contribution in [2.24, 2.45) is 17.3 Å². The third-order valence-corrected chi connectivity index (χ3v) is 6.72. The molecule has 4 fully saturated rings. The van der Waals surface area contributed by atoms with E-state index in [4.69, 9.17) is 14.2 Å². The number of benzene rings is 1. The zero-order valence-electron chi connectivity index (χ0n) is 15.7. The van der Waals surface area contributed by atoms with E-state index in [0.717, 1.165) is 37.7 Å². The molecule has 0 spiro atoms. The highest BCUT2D eigenvalue weighted by Crippen LogP contribution is 2.61. The zero-order valence-corrected chi connectivity index (χ0v) is 15.7. The molecule has 0 radical (unpaired) electrons. The van der Waals surface area contributed by atoms with E-state index in [2.05, 4.69) is 5.32 Å². The van der Waals surface area contributed by atoms with Crippen LogP contribution in [0, 0.1) is 17.3 Å². The molecule has 7 heteroatoms. The predicted octanol–water partition coefficient (Wildman–Crippen LogP) is 1.91. The maximum absolute atomic E-state index is 12.8. The number of carbonyl (C=O) groups excluding carboxylic acids is 2. The van der Waals surface area contributed by atoms with E-state index < -0.39 is 11.0 Å². The van der Waals surface area contributed by atoms with Crippen molar-refractivity contribution in [3.63, 3.8) is 0 Å². The second-order valence-electron chi connectivity index (χ2n) is 9.01. The molecule has 4 aliphatic carbocycles. The summed E-state index contributed by atoms with van der Waals surface area (Å²) in [4.78, 5) is 25.0. The third-order valence-electron chi connectivity index (χ3n) is 6.72. The molecule has 1 aliphatic heterocycles. The molecule has 2 N–H and O–H groups in total. The second kappa shape index (κ2) is 6.37. The zero-order chi connectivity index (χ0) is 19.4. The number of carbonyl (C=O) groups is 2. The van der Waals surface area contributed by atoms with Crippen LogP contribution >= 0.6 is 0 Å². The highest BCUT2D eigenvalue weighted by Gasteiger charge is 2.60. The van der Waals surface area contributed by atoms with Crippen molar-refractivity contribution < 1.29 is 28.9 Å². The first-order valence-corrected chi connectivity index (χ1v) is 9.98. The Labute approximate surface area is 163 Å². The number of hydrogen-bond donors (Lipinski definition) is 2. The molecule has 6 rings (SSSR count). The van der Waals surface area contributed by atoms with E-state index in [1.54, 1.807) is 0 Å². The van der Waals surface area contributed by atoms with Crippen molar-refractivity contribution in [3.8, 4) is 11.5 Å². The quantitative estimate of drug-likeness (QED) is 0.750. The van der Waals surface area contributed by atoms with Crippen LogP contribution in [0.5, 0.6) is 11.5 Å².